The van der Waals surface area contributed by atoms with Crippen LogP contribution in [0.5, 0.6) is 0 Å². The molecule has 6 bridgehead atoms. The molecule has 0 aromatic heterocycles. The first kappa shape index (κ1) is 12.3. The summed E-state index contributed by atoms with van der Waals surface area (Å²) in [6, 6.07) is 0. The molecular weight excluding hydrogens is 284 g/mol. The lowest BCUT2D eigenvalue weighted by atomic mass is 9.55. The molecule has 22 heavy (non-hydrogen) atoms. The van der Waals surface area contributed by atoms with E-state index in [0.717, 1.165) is 38.5 Å². The van der Waals surface area contributed by atoms with Gasteiger partial charge in [0.25, 0.3) is 0 Å². The van der Waals surface area contributed by atoms with Crippen LogP contribution in [0, 0.1) is 29.6 Å². The van der Waals surface area contributed by atoms with Crippen molar-refractivity contribution in [2.45, 2.75) is 62.4 Å². The summed E-state index contributed by atoms with van der Waals surface area (Å²) < 4.78 is 17.8. The number of hydrogen-bond donors (Lipinski definition) is 0. The van der Waals surface area contributed by atoms with Gasteiger partial charge in [0.05, 0.1) is 17.9 Å². The monoisotopic (exact) mass is 304 g/mol. The third-order valence-electron chi connectivity index (χ3n) is 7.32. The molecule has 7 rings (SSSR count). The zero-order chi connectivity index (χ0) is 14.6. The summed E-state index contributed by atoms with van der Waals surface area (Å²) in [6.07, 6.45) is 5.79. The van der Waals surface area contributed by atoms with Crippen molar-refractivity contribution in [2.24, 2.45) is 29.6 Å². The summed E-state index contributed by atoms with van der Waals surface area (Å²) in [5.41, 5.74) is -0.532. The highest BCUT2D eigenvalue weighted by atomic mass is 16.6. The number of hydrogen-bond acceptors (Lipinski definition) is 5. The Hall–Kier alpha value is -1.10. The van der Waals surface area contributed by atoms with Gasteiger partial charge < -0.3 is 14.2 Å². The first-order chi connectivity index (χ1) is 10.6. The number of rotatable bonds is 1. The number of fused-ring (bicyclic) bond motifs is 3. The molecule has 5 nitrogen and oxygen atoms in total. The topological polar surface area (TPSA) is 61.8 Å². The van der Waals surface area contributed by atoms with Crippen molar-refractivity contribution in [2.75, 3.05) is 0 Å². The molecule has 5 heterocycles. The summed E-state index contributed by atoms with van der Waals surface area (Å²) in [5, 5.41) is 0. The fraction of sp³-hybridized carbons (Fsp3) is 0.882. The standard InChI is InChI=1S/C17H20O5/c18-15-11-3-7-1-8(4-9(2-7)21-15)13(11)17-6-10-5-12(14(17)20-10)16(19)22-17/h7-14H,1-6H2. The van der Waals surface area contributed by atoms with Gasteiger partial charge >= 0.3 is 11.9 Å². The van der Waals surface area contributed by atoms with Crippen LogP contribution < -0.4 is 0 Å². The van der Waals surface area contributed by atoms with E-state index in [9.17, 15) is 9.59 Å². The van der Waals surface area contributed by atoms with E-state index in [1.54, 1.807) is 0 Å². The quantitative estimate of drug-likeness (QED) is 0.686. The summed E-state index contributed by atoms with van der Waals surface area (Å²) in [4.78, 5) is 24.9. The van der Waals surface area contributed by atoms with Crippen molar-refractivity contribution in [1.82, 2.24) is 0 Å². The highest BCUT2D eigenvalue weighted by Crippen LogP contribution is 2.63. The van der Waals surface area contributed by atoms with E-state index in [1.165, 1.54) is 0 Å². The summed E-state index contributed by atoms with van der Waals surface area (Å²) in [7, 11) is 0. The number of carbonyl (C=O) groups is 2. The van der Waals surface area contributed by atoms with Crippen LogP contribution in [0.3, 0.4) is 0 Å². The van der Waals surface area contributed by atoms with Gasteiger partial charge in [-0.3, -0.25) is 9.59 Å². The Labute approximate surface area is 128 Å². The van der Waals surface area contributed by atoms with Gasteiger partial charge in [0, 0.05) is 12.3 Å². The largest absolute Gasteiger partial charge is 0.462 e. The molecule has 9 atom stereocenters. The van der Waals surface area contributed by atoms with Crippen LogP contribution in [-0.4, -0.2) is 35.9 Å². The molecule has 5 saturated heterocycles. The van der Waals surface area contributed by atoms with Gasteiger partial charge in [-0.1, -0.05) is 0 Å². The van der Waals surface area contributed by atoms with E-state index in [2.05, 4.69) is 0 Å². The van der Waals surface area contributed by atoms with Crippen molar-refractivity contribution in [3.8, 4) is 0 Å². The van der Waals surface area contributed by atoms with Gasteiger partial charge in [0.2, 0.25) is 0 Å². The maximum absolute atomic E-state index is 12.6. The minimum absolute atomic E-state index is 0.0450. The van der Waals surface area contributed by atoms with E-state index in [4.69, 9.17) is 14.2 Å². The third-order valence-corrected chi connectivity index (χ3v) is 7.32. The van der Waals surface area contributed by atoms with Crippen LogP contribution in [-0.2, 0) is 23.8 Å². The molecule has 9 unspecified atom stereocenters. The molecule has 5 aliphatic heterocycles. The lowest BCUT2D eigenvalue weighted by Gasteiger charge is -2.49. The Morgan fingerprint density at radius 3 is 2.68 bits per heavy atom. The Balaban J connectivity index is 1.47. The zero-order valence-corrected chi connectivity index (χ0v) is 12.4. The summed E-state index contributed by atoms with van der Waals surface area (Å²) in [6.45, 7) is 0. The van der Waals surface area contributed by atoms with Gasteiger partial charge in [0.15, 0.2) is 0 Å². The van der Waals surface area contributed by atoms with Crippen LogP contribution in [0.1, 0.15) is 38.5 Å². The van der Waals surface area contributed by atoms with Crippen LogP contribution in [0.15, 0.2) is 0 Å². The van der Waals surface area contributed by atoms with Crippen molar-refractivity contribution < 1.29 is 23.8 Å². The van der Waals surface area contributed by atoms with Crippen LogP contribution in [0.2, 0.25) is 0 Å². The Morgan fingerprint density at radius 2 is 1.82 bits per heavy atom. The van der Waals surface area contributed by atoms with Crippen molar-refractivity contribution in [3.63, 3.8) is 0 Å². The van der Waals surface area contributed by atoms with E-state index in [1.807, 2.05) is 0 Å². The molecule has 0 aromatic rings. The Morgan fingerprint density at radius 1 is 0.909 bits per heavy atom. The molecular formula is C17H20O5. The van der Waals surface area contributed by atoms with Crippen molar-refractivity contribution in [1.29, 1.82) is 0 Å². The van der Waals surface area contributed by atoms with Gasteiger partial charge in [-0.25, -0.2) is 0 Å². The zero-order valence-electron chi connectivity index (χ0n) is 12.4. The van der Waals surface area contributed by atoms with E-state index < -0.39 is 5.60 Å². The molecule has 2 aliphatic carbocycles. The molecule has 0 spiro atoms. The second-order valence-corrected chi connectivity index (χ2v) is 8.36. The minimum Gasteiger partial charge on any atom is -0.462 e. The number of carbonyl (C=O) groups excluding carboxylic acids is 2. The first-order valence-electron chi connectivity index (χ1n) is 8.73. The number of esters is 2. The predicted octanol–water partition coefficient (Wildman–Crippen LogP) is 1.44. The smallest absolute Gasteiger partial charge is 0.312 e. The first-order valence-corrected chi connectivity index (χ1v) is 8.73. The molecule has 0 N–H and O–H groups in total. The third kappa shape index (κ3) is 1.28. The average Bonchev–Trinajstić information content (AvgIpc) is 3.02. The molecule has 0 amide bonds. The second kappa shape index (κ2) is 3.69. The second-order valence-electron chi connectivity index (χ2n) is 8.36. The maximum Gasteiger partial charge on any atom is 0.312 e. The average molecular weight is 304 g/mol. The fourth-order valence-electron chi connectivity index (χ4n) is 6.88. The van der Waals surface area contributed by atoms with Crippen LogP contribution >= 0.6 is 0 Å². The summed E-state index contributed by atoms with van der Waals surface area (Å²) in [5.74, 6) is 0.857. The Bertz CT molecular complexity index is 588. The van der Waals surface area contributed by atoms with Gasteiger partial charge in [-0.2, -0.15) is 0 Å². The lowest BCUT2D eigenvalue weighted by molar-refractivity contribution is -0.169. The minimum atomic E-state index is -0.532. The van der Waals surface area contributed by atoms with Crippen molar-refractivity contribution >= 4 is 11.9 Å². The van der Waals surface area contributed by atoms with Gasteiger partial charge in [-0.05, 0) is 43.9 Å². The molecule has 7 aliphatic rings. The summed E-state index contributed by atoms with van der Waals surface area (Å²) >= 11 is 0. The normalized spacial score (nSPS) is 60.5. The highest BCUT2D eigenvalue weighted by Gasteiger charge is 2.73. The molecule has 0 radical (unpaired) electrons. The lowest BCUT2D eigenvalue weighted by Crippen LogP contribution is -2.55. The fourth-order valence-corrected chi connectivity index (χ4v) is 6.88. The maximum atomic E-state index is 12.6. The molecule has 5 heteroatoms. The number of ether oxygens (including phenoxy) is 3. The molecule has 118 valence electrons. The molecule has 0 aromatic carbocycles. The van der Waals surface area contributed by atoms with E-state index in [-0.39, 0.29) is 48.0 Å². The van der Waals surface area contributed by atoms with Gasteiger partial charge in [0.1, 0.15) is 17.8 Å². The van der Waals surface area contributed by atoms with Crippen molar-refractivity contribution in [3.05, 3.63) is 0 Å². The Kier molecular flexibility index (Phi) is 2.07. The van der Waals surface area contributed by atoms with Crippen LogP contribution in [0.25, 0.3) is 0 Å². The van der Waals surface area contributed by atoms with Crippen LogP contribution in [0.4, 0.5) is 0 Å². The highest BCUT2D eigenvalue weighted by molar-refractivity contribution is 5.79. The molecule has 2 saturated carbocycles. The predicted molar refractivity (Wildman–Crippen MR) is 72.5 cm³/mol. The van der Waals surface area contributed by atoms with E-state index >= 15 is 0 Å². The van der Waals surface area contributed by atoms with Gasteiger partial charge in [-0.15, -0.1) is 0 Å². The SMILES string of the molecule is O=C1OC2(C3C4CC5CC(C4)OC(=O)C3C5)CC3CC1C2O3. The molecule has 7 fully saturated rings. The van der Waals surface area contributed by atoms with E-state index in [0.29, 0.717) is 11.8 Å².